The molecule has 1 aromatic heterocycles. The molecule has 3 N–H and O–H groups in total. The van der Waals surface area contributed by atoms with Crippen molar-refractivity contribution in [2.24, 2.45) is 0 Å². The summed E-state index contributed by atoms with van der Waals surface area (Å²) in [5, 5.41) is 16.2. The fraction of sp³-hybridized carbons (Fsp3) is 0.211. The van der Waals surface area contributed by atoms with E-state index in [1.807, 2.05) is 0 Å². The third-order valence-electron chi connectivity index (χ3n) is 4.52. The molecular formula is C19H19N5O7S. The monoisotopic (exact) mass is 461 g/mol. The Morgan fingerprint density at radius 1 is 1.06 bits per heavy atom. The number of nitrogens with one attached hydrogen (secondary N) is 3. The maximum Gasteiger partial charge on any atom is 0.273 e. The number of aryl methyl sites for hydroxylation is 1. The third kappa shape index (κ3) is 5.25. The van der Waals surface area contributed by atoms with Crippen LogP contribution < -0.4 is 21.2 Å². The number of non-ortho nitro benzene ring substituents is 1. The minimum Gasteiger partial charge on any atom is -0.355 e. The zero-order chi connectivity index (χ0) is 23.3. The summed E-state index contributed by atoms with van der Waals surface area (Å²) in [6.07, 6.45) is -0.119. The number of hydrogen-bond donors (Lipinski definition) is 3. The molecule has 0 spiro atoms. The van der Waals surface area contributed by atoms with Crippen LogP contribution in [0.4, 0.5) is 5.69 Å². The second-order valence-electron chi connectivity index (χ2n) is 6.70. The number of nitro benzene ring substituents is 1. The van der Waals surface area contributed by atoms with Gasteiger partial charge in [-0.15, -0.1) is 0 Å². The molecular weight excluding hydrogens is 442 g/mol. The largest absolute Gasteiger partial charge is 0.355 e. The maximum atomic E-state index is 12.4. The van der Waals surface area contributed by atoms with Crippen molar-refractivity contribution in [3.8, 4) is 0 Å². The Morgan fingerprint density at radius 3 is 2.50 bits per heavy atom. The average Bonchev–Trinajstić information content (AvgIpc) is 2.78. The van der Waals surface area contributed by atoms with E-state index in [2.05, 4.69) is 15.1 Å². The minimum atomic E-state index is -3.99. The van der Waals surface area contributed by atoms with Gasteiger partial charge in [0.2, 0.25) is 15.9 Å². The van der Waals surface area contributed by atoms with Gasteiger partial charge in [-0.05, 0) is 18.2 Å². The number of nitro groups is 1. The summed E-state index contributed by atoms with van der Waals surface area (Å²) in [5.41, 5.74) is -1.24. The molecule has 168 valence electrons. The lowest BCUT2D eigenvalue weighted by atomic mass is 10.2. The number of carbonyl (C=O) groups is 1. The van der Waals surface area contributed by atoms with Crippen molar-refractivity contribution in [1.29, 1.82) is 0 Å². The second kappa shape index (κ2) is 9.53. The van der Waals surface area contributed by atoms with Crippen molar-refractivity contribution in [2.45, 2.75) is 17.9 Å². The summed E-state index contributed by atoms with van der Waals surface area (Å²) in [6, 6.07) is 10.9. The van der Waals surface area contributed by atoms with Crippen LogP contribution >= 0.6 is 0 Å². The number of hydrogen-bond acceptors (Lipinski definition) is 7. The first-order valence-electron chi connectivity index (χ1n) is 9.42. The van der Waals surface area contributed by atoms with Crippen LogP contribution in [-0.4, -0.2) is 42.1 Å². The smallest absolute Gasteiger partial charge is 0.273 e. The zero-order valence-electron chi connectivity index (χ0n) is 16.6. The SMILES string of the molecule is O=C(CCn1[nH]c(=O)c2ccccc2c1=O)NCCNS(=O)(=O)c1cccc([N+](=O)[O-])c1. The van der Waals surface area contributed by atoms with E-state index >= 15 is 0 Å². The quantitative estimate of drug-likeness (QED) is 0.230. The molecule has 3 aromatic rings. The highest BCUT2D eigenvalue weighted by Gasteiger charge is 2.17. The van der Waals surface area contributed by atoms with Crippen LogP contribution in [0.5, 0.6) is 0 Å². The highest BCUT2D eigenvalue weighted by molar-refractivity contribution is 7.89. The van der Waals surface area contributed by atoms with Crippen LogP contribution in [0.25, 0.3) is 10.8 Å². The van der Waals surface area contributed by atoms with Gasteiger partial charge in [0.05, 0.1) is 27.1 Å². The number of sulfonamides is 1. The number of nitrogens with zero attached hydrogens (tertiary/aromatic N) is 2. The van der Waals surface area contributed by atoms with Crippen molar-refractivity contribution in [3.63, 3.8) is 0 Å². The Balaban J connectivity index is 1.52. The van der Waals surface area contributed by atoms with Crippen LogP contribution in [0.2, 0.25) is 0 Å². The molecule has 12 nitrogen and oxygen atoms in total. The normalized spacial score (nSPS) is 11.4. The number of H-pyrrole nitrogens is 1. The standard InChI is InChI=1S/C19H19N5O7S/c25-17(8-11-23-19(27)16-7-2-1-6-15(16)18(26)22-23)20-9-10-21-32(30,31)14-5-3-4-13(12-14)24(28)29/h1-7,12,21H,8-11H2,(H,20,25)(H,22,26). The van der Waals surface area contributed by atoms with Gasteiger partial charge in [-0.3, -0.25) is 29.6 Å². The molecule has 0 aliphatic heterocycles. The number of aromatic amines is 1. The molecule has 13 heteroatoms. The van der Waals surface area contributed by atoms with E-state index in [-0.39, 0.29) is 47.4 Å². The average molecular weight is 461 g/mol. The summed E-state index contributed by atoms with van der Waals surface area (Å²) >= 11 is 0. The summed E-state index contributed by atoms with van der Waals surface area (Å²) < 4.78 is 27.7. The molecule has 1 amide bonds. The molecule has 0 unspecified atom stereocenters. The number of fused-ring (bicyclic) bond motifs is 1. The molecule has 0 aliphatic rings. The number of carbonyl (C=O) groups excluding carboxylic acids is 1. The van der Waals surface area contributed by atoms with E-state index in [9.17, 15) is 32.9 Å². The van der Waals surface area contributed by atoms with Crippen LogP contribution in [-0.2, 0) is 21.4 Å². The number of amides is 1. The van der Waals surface area contributed by atoms with Crippen molar-refractivity contribution in [1.82, 2.24) is 19.8 Å². The Labute approximate surface area is 181 Å². The van der Waals surface area contributed by atoms with Gasteiger partial charge in [-0.2, -0.15) is 0 Å². The first-order chi connectivity index (χ1) is 15.2. The van der Waals surface area contributed by atoms with Gasteiger partial charge >= 0.3 is 0 Å². The van der Waals surface area contributed by atoms with Gasteiger partial charge in [0, 0.05) is 31.6 Å². The summed E-state index contributed by atoms with van der Waals surface area (Å²) in [7, 11) is -3.99. The molecule has 2 aromatic carbocycles. The topological polar surface area (TPSA) is 173 Å². The van der Waals surface area contributed by atoms with E-state index in [1.165, 1.54) is 30.3 Å². The fourth-order valence-electron chi connectivity index (χ4n) is 2.94. The van der Waals surface area contributed by atoms with Crippen molar-refractivity contribution in [3.05, 3.63) is 79.4 Å². The van der Waals surface area contributed by atoms with E-state index in [4.69, 9.17) is 0 Å². The molecule has 0 saturated carbocycles. The Kier molecular flexibility index (Phi) is 6.80. The number of aromatic nitrogens is 2. The lowest BCUT2D eigenvalue weighted by molar-refractivity contribution is -0.385. The van der Waals surface area contributed by atoms with E-state index in [0.717, 1.165) is 10.7 Å². The van der Waals surface area contributed by atoms with Crippen molar-refractivity contribution in [2.75, 3.05) is 13.1 Å². The summed E-state index contributed by atoms with van der Waals surface area (Å²) in [5.74, 6) is -0.458. The highest BCUT2D eigenvalue weighted by atomic mass is 32.2. The molecule has 0 bridgehead atoms. The molecule has 32 heavy (non-hydrogen) atoms. The maximum absolute atomic E-state index is 12.4. The van der Waals surface area contributed by atoms with Crippen LogP contribution in [0.1, 0.15) is 6.42 Å². The van der Waals surface area contributed by atoms with Gasteiger partial charge in [0.15, 0.2) is 0 Å². The van der Waals surface area contributed by atoms with Crippen molar-refractivity contribution >= 4 is 32.4 Å². The first kappa shape index (κ1) is 22.8. The second-order valence-corrected chi connectivity index (χ2v) is 8.46. The fourth-order valence-corrected chi connectivity index (χ4v) is 4.01. The molecule has 0 saturated heterocycles. The van der Waals surface area contributed by atoms with E-state index in [1.54, 1.807) is 12.1 Å². The molecule has 0 atom stereocenters. The minimum absolute atomic E-state index is 0.0455. The van der Waals surface area contributed by atoms with Crippen LogP contribution in [0.15, 0.2) is 63.0 Å². The van der Waals surface area contributed by atoms with Gasteiger partial charge in [0.25, 0.3) is 16.8 Å². The summed E-state index contributed by atoms with van der Waals surface area (Å²) in [6.45, 7) is -0.260. The van der Waals surface area contributed by atoms with E-state index in [0.29, 0.717) is 0 Å². The molecule has 0 fully saturated rings. The lowest BCUT2D eigenvalue weighted by Crippen LogP contribution is -2.36. The van der Waals surface area contributed by atoms with E-state index < -0.39 is 32.0 Å². The number of rotatable bonds is 9. The Hall–Kier alpha value is -3.84. The molecule has 1 heterocycles. The van der Waals surface area contributed by atoms with Crippen LogP contribution in [0, 0.1) is 10.1 Å². The lowest BCUT2D eigenvalue weighted by Gasteiger charge is -2.09. The molecule has 0 radical (unpaired) electrons. The zero-order valence-corrected chi connectivity index (χ0v) is 17.4. The van der Waals surface area contributed by atoms with Crippen molar-refractivity contribution < 1.29 is 18.1 Å². The first-order valence-corrected chi connectivity index (χ1v) is 10.9. The van der Waals surface area contributed by atoms with Gasteiger partial charge < -0.3 is 5.32 Å². The van der Waals surface area contributed by atoms with Gasteiger partial charge in [-0.1, -0.05) is 18.2 Å². The predicted octanol–water partition coefficient (Wildman–Crippen LogP) is 0.0828. The van der Waals surface area contributed by atoms with Crippen LogP contribution in [0.3, 0.4) is 0 Å². The molecule has 0 aliphatic carbocycles. The predicted molar refractivity (Wildman–Crippen MR) is 115 cm³/mol. The summed E-state index contributed by atoms with van der Waals surface area (Å²) in [4.78, 5) is 46.3. The van der Waals surface area contributed by atoms with Gasteiger partial charge in [-0.25, -0.2) is 17.8 Å². The Bertz CT molecular complexity index is 1390. The molecule has 3 rings (SSSR count). The van der Waals surface area contributed by atoms with Gasteiger partial charge in [0.1, 0.15) is 0 Å². The number of benzene rings is 2. The Morgan fingerprint density at radius 2 is 1.78 bits per heavy atom. The highest BCUT2D eigenvalue weighted by Crippen LogP contribution is 2.16. The third-order valence-corrected chi connectivity index (χ3v) is 5.98.